The zero-order chi connectivity index (χ0) is 10.3. The third-order valence-corrected chi connectivity index (χ3v) is 2.79. The summed E-state index contributed by atoms with van der Waals surface area (Å²) < 4.78 is 0. The Hall–Kier alpha value is -0.0400. The molecule has 0 saturated carbocycles. The van der Waals surface area contributed by atoms with Crippen molar-refractivity contribution in [2.75, 3.05) is 13.6 Å². The third-order valence-electron chi connectivity index (χ3n) is 2.79. The SMILES string of the molecule is CCCCC(C)N(C)CCC(C)C. The fourth-order valence-electron chi connectivity index (χ4n) is 1.40. The minimum atomic E-state index is 0.763. The third kappa shape index (κ3) is 7.06. The van der Waals surface area contributed by atoms with E-state index in [0.717, 1.165) is 12.0 Å². The molecule has 0 bridgehead atoms. The Kier molecular flexibility index (Phi) is 7.35. The average Bonchev–Trinajstić information content (AvgIpc) is 2.10. The van der Waals surface area contributed by atoms with E-state index in [1.54, 1.807) is 0 Å². The van der Waals surface area contributed by atoms with Gasteiger partial charge in [-0.15, -0.1) is 0 Å². The van der Waals surface area contributed by atoms with E-state index in [1.807, 2.05) is 0 Å². The lowest BCUT2D eigenvalue weighted by Gasteiger charge is -2.25. The summed E-state index contributed by atoms with van der Waals surface area (Å²) in [5, 5.41) is 0. The highest BCUT2D eigenvalue weighted by atomic mass is 15.1. The predicted molar refractivity (Wildman–Crippen MR) is 61.1 cm³/mol. The number of rotatable bonds is 7. The van der Waals surface area contributed by atoms with Gasteiger partial charge in [0, 0.05) is 6.04 Å². The van der Waals surface area contributed by atoms with Crippen LogP contribution in [0.1, 0.15) is 53.4 Å². The van der Waals surface area contributed by atoms with Gasteiger partial charge in [-0.1, -0.05) is 33.6 Å². The van der Waals surface area contributed by atoms with Crippen molar-refractivity contribution < 1.29 is 0 Å². The largest absolute Gasteiger partial charge is 0.304 e. The summed E-state index contributed by atoms with van der Waals surface area (Å²) >= 11 is 0. The van der Waals surface area contributed by atoms with Crippen molar-refractivity contribution in [3.63, 3.8) is 0 Å². The van der Waals surface area contributed by atoms with Crippen LogP contribution in [0.3, 0.4) is 0 Å². The van der Waals surface area contributed by atoms with Crippen LogP contribution in [0.4, 0.5) is 0 Å². The van der Waals surface area contributed by atoms with Crippen LogP contribution in [0.5, 0.6) is 0 Å². The van der Waals surface area contributed by atoms with E-state index in [1.165, 1.54) is 32.2 Å². The highest BCUT2D eigenvalue weighted by molar-refractivity contribution is 4.63. The van der Waals surface area contributed by atoms with Gasteiger partial charge in [0.15, 0.2) is 0 Å². The van der Waals surface area contributed by atoms with Gasteiger partial charge in [-0.3, -0.25) is 0 Å². The van der Waals surface area contributed by atoms with Crippen LogP contribution in [-0.2, 0) is 0 Å². The summed E-state index contributed by atoms with van der Waals surface area (Å²) in [6.45, 7) is 10.5. The Bertz CT molecular complexity index is 110. The van der Waals surface area contributed by atoms with Crippen molar-refractivity contribution in [3.8, 4) is 0 Å². The molecule has 0 heterocycles. The second kappa shape index (κ2) is 7.37. The lowest BCUT2D eigenvalue weighted by Crippen LogP contribution is -2.30. The first-order valence-electron chi connectivity index (χ1n) is 5.78. The summed E-state index contributed by atoms with van der Waals surface area (Å²) in [7, 11) is 2.25. The van der Waals surface area contributed by atoms with Crippen LogP contribution in [-0.4, -0.2) is 24.5 Å². The van der Waals surface area contributed by atoms with E-state index in [-0.39, 0.29) is 0 Å². The molecule has 1 atom stereocenters. The summed E-state index contributed by atoms with van der Waals surface area (Å²) in [5.41, 5.74) is 0. The normalized spacial score (nSPS) is 14.1. The average molecular weight is 185 g/mol. The van der Waals surface area contributed by atoms with E-state index in [0.29, 0.717) is 0 Å². The van der Waals surface area contributed by atoms with Gasteiger partial charge in [0.25, 0.3) is 0 Å². The first kappa shape index (κ1) is 13.0. The maximum atomic E-state index is 2.50. The Labute approximate surface area is 84.5 Å². The molecule has 0 amide bonds. The summed E-state index contributed by atoms with van der Waals surface area (Å²) in [4.78, 5) is 2.50. The van der Waals surface area contributed by atoms with E-state index in [2.05, 4.69) is 39.6 Å². The molecule has 0 aliphatic heterocycles. The summed E-state index contributed by atoms with van der Waals surface area (Å²) in [5.74, 6) is 0.834. The van der Waals surface area contributed by atoms with Crippen molar-refractivity contribution in [1.29, 1.82) is 0 Å². The number of hydrogen-bond donors (Lipinski definition) is 0. The van der Waals surface area contributed by atoms with Gasteiger partial charge in [0.05, 0.1) is 0 Å². The van der Waals surface area contributed by atoms with Crippen LogP contribution < -0.4 is 0 Å². The minimum Gasteiger partial charge on any atom is -0.304 e. The number of hydrogen-bond acceptors (Lipinski definition) is 1. The van der Waals surface area contributed by atoms with Gasteiger partial charge in [-0.2, -0.15) is 0 Å². The molecule has 13 heavy (non-hydrogen) atoms. The second-order valence-corrected chi connectivity index (χ2v) is 4.65. The predicted octanol–water partition coefficient (Wildman–Crippen LogP) is 3.54. The smallest absolute Gasteiger partial charge is 0.00638 e. The quantitative estimate of drug-likeness (QED) is 0.586. The first-order valence-corrected chi connectivity index (χ1v) is 5.78. The molecule has 1 unspecified atom stereocenters. The van der Waals surface area contributed by atoms with Gasteiger partial charge in [0.1, 0.15) is 0 Å². The van der Waals surface area contributed by atoms with Crippen molar-refractivity contribution in [2.24, 2.45) is 5.92 Å². The molecule has 0 aromatic heterocycles. The first-order chi connectivity index (χ1) is 6.07. The Balaban J connectivity index is 3.50. The molecule has 80 valence electrons. The highest BCUT2D eigenvalue weighted by Crippen LogP contribution is 2.08. The Morgan fingerprint density at radius 3 is 2.15 bits per heavy atom. The van der Waals surface area contributed by atoms with Crippen molar-refractivity contribution >= 4 is 0 Å². The van der Waals surface area contributed by atoms with Crippen LogP contribution in [0.15, 0.2) is 0 Å². The molecular formula is C12H27N. The Morgan fingerprint density at radius 2 is 1.69 bits per heavy atom. The van der Waals surface area contributed by atoms with Crippen molar-refractivity contribution in [3.05, 3.63) is 0 Å². The molecule has 0 spiro atoms. The van der Waals surface area contributed by atoms with E-state index in [9.17, 15) is 0 Å². The molecule has 0 aromatic carbocycles. The molecule has 0 aliphatic rings. The van der Waals surface area contributed by atoms with Crippen molar-refractivity contribution in [1.82, 2.24) is 4.90 Å². The minimum absolute atomic E-state index is 0.763. The maximum absolute atomic E-state index is 2.50. The van der Waals surface area contributed by atoms with Gasteiger partial charge in [0.2, 0.25) is 0 Å². The fraction of sp³-hybridized carbons (Fsp3) is 1.00. The molecule has 0 aromatic rings. The maximum Gasteiger partial charge on any atom is 0.00638 e. The lowest BCUT2D eigenvalue weighted by atomic mass is 10.1. The fourth-order valence-corrected chi connectivity index (χ4v) is 1.40. The summed E-state index contributed by atoms with van der Waals surface area (Å²) in [6.07, 6.45) is 5.37. The van der Waals surface area contributed by atoms with Gasteiger partial charge in [-0.25, -0.2) is 0 Å². The molecule has 0 saturated heterocycles. The zero-order valence-electron chi connectivity index (χ0n) is 10.1. The molecule has 0 radical (unpaired) electrons. The zero-order valence-corrected chi connectivity index (χ0v) is 10.1. The molecular weight excluding hydrogens is 158 g/mol. The molecule has 1 heteroatoms. The molecule has 0 rings (SSSR count). The van der Waals surface area contributed by atoms with E-state index < -0.39 is 0 Å². The molecule has 1 nitrogen and oxygen atoms in total. The monoisotopic (exact) mass is 185 g/mol. The highest BCUT2D eigenvalue weighted by Gasteiger charge is 2.08. The lowest BCUT2D eigenvalue weighted by molar-refractivity contribution is 0.230. The van der Waals surface area contributed by atoms with E-state index >= 15 is 0 Å². The van der Waals surface area contributed by atoms with Gasteiger partial charge in [-0.05, 0) is 39.3 Å². The van der Waals surface area contributed by atoms with Crippen LogP contribution in [0.2, 0.25) is 0 Å². The van der Waals surface area contributed by atoms with Gasteiger partial charge < -0.3 is 4.90 Å². The van der Waals surface area contributed by atoms with Crippen molar-refractivity contribution in [2.45, 2.75) is 59.4 Å². The molecule has 0 fully saturated rings. The number of nitrogens with zero attached hydrogens (tertiary/aromatic N) is 1. The standard InChI is InChI=1S/C12H27N/c1-6-7-8-12(4)13(5)10-9-11(2)3/h11-12H,6-10H2,1-5H3. The number of unbranched alkanes of at least 4 members (excludes halogenated alkanes) is 1. The van der Waals surface area contributed by atoms with Crippen LogP contribution in [0, 0.1) is 5.92 Å². The van der Waals surface area contributed by atoms with Crippen LogP contribution >= 0.6 is 0 Å². The van der Waals surface area contributed by atoms with Gasteiger partial charge >= 0.3 is 0 Å². The molecule has 0 aliphatic carbocycles. The van der Waals surface area contributed by atoms with Crippen LogP contribution in [0.25, 0.3) is 0 Å². The van der Waals surface area contributed by atoms with E-state index in [4.69, 9.17) is 0 Å². The molecule has 0 N–H and O–H groups in total. The second-order valence-electron chi connectivity index (χ2n) is 4.65. The summed E-state index contributed by atoms with van der Waals surface area (Å²) in [6, 6.07) is 0.763. The topological polar surface area (TPSA) is 3.24 Å². The Morgan fingerprint density at radius 1 is 1.08 bits per heavy atom.